The van der Waals surface area contributed by atoms with Crippen molar-refractivity contribution in [1.29, 1.82) is 0 Å². The molecular weight excluding hydrogens is 690 g/mol. The summed E-state index contributed by atoms with van der Waals surface area (Å²) in [4.78, 5) is 52.9. The molecule has 2 saturated carbocycles. The van der Waals surface area contributed by atoms with E-state index in [9.17, 15) is 39.6 Å². The van der Waals surface area contributed by atoms with Gasteiger partial charge in [-0.2, -0.15) is 0 Å². The average Bonchev–Trinajstić information content (AvgIpc) is 3.63. The van der Waals surface area contributed by atoms with Crippen molar-refractivity contribution in [2.45, 2.75) is 116 Å². The summed E-state index contributed by atoms with van der Waals surface area (Å²) >= 11 is 0. The zero-order valence-corrected chi connectivity index (χ0v) is 30.9. The summed E-state index contributed by atoms with van der Waals surface area (Å²) in [6.07, 6.45) is -8.61. The molecule has 4 aliphatic rings. The molecule has 2 aromatic rings. The van der Waals surface area contributed by atoms with Crippen LogP contribution < -0.4 is 5.32 Å². The number of benzene rings is 1. The molecule has 12 atom stereocenters. The van der Waals surface area contributed by atoms with Crippen LogP contribution in [-0.4, -0.2) is 99.2 Å². The van der Waals surface area contributed by atoms with Gasteiger partial charge in [-0.25, -0.2) is 9.59 Å². The van der Waals surface area contributed by atoms with Crippen LogP contribution in [0.4, 0.5) is 0 Å². The molecule has 14 heteroatoms. The van der Waals surface area contributed by atoms with Crippen molar-refractivity contribution in [3.05, 3.63) is 71.2 Å². The van der Waals surface area contributed by atoms with Gasteiger partial charge >= 0.3 is 17.9 Å². The molecule has 1 aromatic carbocycles. The normalized spacial score (nSPS) is 36.9. The molecule has 288 valence electrons. The Labute approximate surface area is 307 Å². The Balaban J connectivity index is 1.52. The second-order valence-electron chi connectivity index (χ2n) is 15.9. The molecule has 6 rings (SSSR count). The van der Waals surface area contributed by atoms with Crippen molar-refractivity contribution in [1.82, 2.24) is 5.32 Å². The number of furan rings is 1. The highest BCUT2D eigenvalue weighted by molar-refractivity contribution is 5.89. The van der Waals surface area contributed by atoms with Crippen LogP contribution in [0.2, 0.25) is 0 Å². The third-order valence-corrected chi connectivity index (χ3v) is 12.8. The van der Waals surface area contributed by atoms with Gasteiger partial charge in [-0.1, -0.05) is 45.9 Å². The smallest absolute Gasteiger partial charge is 0.338 e. The van der Waals surface area contributed by atoms with Crippen LogP contribution in [0.15, 0.2) is 64.3 Å². The minimum Gasteiger partial charge on any atom is -0.467 e. The molecule has 5 N–H and O–H groups in total. The summed E-state index contributed by atoms with van der Waals surface area (Å²) < 4.78 is 30.0. The van der Waals surface area contributed by atoms with Crippen LogP contribution in [0, 0.1) is 22.2 Å². The Morgan fingerprint density at radius 2 is 1.64 bits per heavy atom. The fourth-order valence-electron chi connectivity index (χ4n) is 9.64. The van der Waals surface area contributed by atoms with E-state index in [2.05, 4.69) is 5.32 Å². The highest BCUT2D eigenvalue weighted by Crippen LogP contribution is 2.67. The lowest BCUT2D eigenvalue weighted by molar-refractivity contribution is -0.360. The van der Waals surface area contributed by atoms with E-state index in [1.54, 1.807) is 44.2 Å². The highest BCUT2D eigenvalue weighted by atomic mass is 16.6. The van der Waals surface area contributed by atoms with E-state index in [-0.39, 0.29) is 36.3 Å². The minimum atomic E-state index is -1.92. The third-order valence-electron chi connectivity index (χ3n) is 12.8. The molecule has 1 aromatic heterocycles. The van der Waals surface area contributed by atoms with Gasteiger partial charge in [0.25, 0.3) is 0 Å². The Kier molecular flexibility index (Phi) is 9.95. The van der Waals surface area contributed by atoms with E-state index in [0.717, 1.165) is 0 Å². The number of fused-ring (bicyclic) bond motifs is 5. The molecule has 14 nitrogen and oxygen atoms in total. The number of esters is 3. The van der Waals surface area contributed by atoms with Gasteiger partial charge in [0.1, 0.15) is 36.2 Å². The van der Waals surface area contributed by atoms with Crippen LogP contribution in [0.1, 0.15) is 83.5 Å². The summed E-state index contributed by atoms with van der Waals surface area (Å²) in [7, 11) is 0. The first-order valence-corrected chi connectivity index (χ1v) is 17.8. The molecule has 2 bridgehead atoms. The third kappa shape index (κ3) is 5.99. The molecule has 3 aliphatic carbocycles. The second-order valence-corrected chi connectivity index (χ2v) is 15.9. The van der Waals surface area contributed by atoms with E-state index in [4.69, 9.17) is 23.4 Å². The van der Waals surface area contributed by atoms with Gasteiger partial charge in [0.15, 0.2) is 11.7 Å². The molecule has 2 heterocycles. The molecule has 0 spiro atoms. The van der Waals surface area contributed by atoms with Crippen molar-refractivity contribution in [2.24, 2.45) is 22.2 Å². The minimum absolute atomic E-state index is 0.0369. The second kappa shape index (κ2) is 13.6. The number of amides is 1. The Hall–Kier alpha value is -4.08. The van der Waals surface area contributed by atoms with Crippen LogP contribution in [0.5, 0.6) is 0 Å². The maximum atomic E-state index is 14.1. The number of carbonyl (C=O) groups excluding carboxylic acids is 4. The number of aliphatic hydroxyl groups is 4. The predicted octanol–water partition coefficient (Wildman–Crippen LogP) is 2.53. The monoisotopic (exact) mass is 739 g/mol. The fraction of sp³-hybridized carbons (Fsp3) is 0.590. The maximum absolute atomic E-state index is 14.1. The summed E-state index contributed by atoms with van der Waals surface area (Å²) in [5.74, 6) is -4.09. The number of nitrogens with one attached hydrogen (secondary N) is 1. The first-order chi connectivity index (χ1) is 24.8. The number of aliphatic hydroxyl groups excluding tert-OH is 4. The van der Waals surface area contributed by atoms with Crippen LogP contribution in [0.3, 0.4) is 0 Å². The number of hydrogen-bond acceptors (Lipinski definition) is 13. The van der Waals surface area contributed by atoms with Crippen LogP contribution in [0.25, 0.3) is 0 Å². The quantitative estimate of drug-likeness (QED) is 0.150. The fourth-order valence-corrected chi connectivity index (χ4v) is 9.64. The topological polar surface area (TPSA) is 211 Å². The lowest BCUT2D eigenvalue weighted by Gasteiger charge is -2.69. The van der Waals surface area contributed by atoms with Crippen molar-refractivity contribution in [2.75, 3.05) is 6.61 Å². The van der Waals surface area contributed by atoms with E-state index < -0.39 is 100 Å². The Morgan fingerprint density at radius 1 is 0.962 bits per heavy atom. The van der Waals surface area contributed by atoms with Gasteiger partial charge < -0.3 is 49.1 Å². The summed E-state index contributed by atoms with van der Waals surface area (Å²) in [5, 5.41) is 50.3. The van der Waals surface area contributed by atoms with Crippen molar-refractivity contribution < 1.29 is 63.0 Å². The van der Waals surface area contributed by atoms with E-state index >= 15 is 0 Å². The van der Waals surface area contributed by atoms with E-state index in [1.807, 2.05) is 20.8 Å². The lowest BCUT2D eigenvalue weighted by Crippen LogP contribution is -2.81. The van der Waals surface area contributed by atoms with Gasteiger partial charge in [-0.05, 0) is 54.2 Å². The maximum Gasteiger partial charge on any atom is 0.338 e. The van der Waals surface area contributed by atoms with E-state index in [0.29, 0.717) is 5.57 Å². The zero-order chi connectivity index (χ0) is 38.8. The van der Waals surface area contributed by atoms with E-state index in [1.165, 1.54) is 32.2 Å². The number of hydrogen-bond donors (Lipinski definition) is 5. The zero-order valence-electron chi connectivity index (χ0n) is 30.9. The molecular formula is C39H49NO13. The molecule has 1 saturated heterocycles. The summed E-state index contributed by atoms with van der Waals surface area (Å²) in [6.45, 7) is 11.0. The van der Waals surface area contributed by atoms with Gasteiger partial charge in [0.2, 0.25) is 5.91 Å². The predicted molar refractivity (Wildman–Crippen MR) is 184 cm³/mol. The molecule has 53 heavy (non-hydrogen) atoms. The molecule has 1 aliphatic heterocycles. The van der Waals surface area contributed by atoms with Gasteiger partial charge in [-0.3, -0.25) is 9.59 Å². The number of ether oxygens (including phenoxy) is 4. The van der Waals surface area contributed by atoms with Crippen molar-refractivity contribution in [3.63, 3.8) is 0 Å². The summed E-state index contributed by atoms with van der Waals surface area (Å²) in [6, 6.07) is 9.98. The SMILES string of the molecule is CC(=O)N[C@@H](c1ccco1)[C@@H](O)C(=O)O[C@H]1C[C@@]2(C)[C@@H](OC(=O)c3ccccc3)[C@@H]3[C@]4(OC(C)=O)CO[C@@H]4C[C@H](O)[C@@]3(C)[C@H](O)[C@H](O)C(=C1C)C2(C)C. The lowest BCUT2D eigenvalue weighted by atomic mass is 9.41. The van der Waals surface area contributed by atoms with Crippen LogP contribution >= 0.6 is 0 Å². The first-order valence-electron chi connectivity index (χ1n) is 17.8. The molecule has 0 unspecified atom stereocenters. The Morgan fingerprint density at radius 3 is 2.21 bits per heavy atom. The van der Waals surface area contributed by atoms with Crippen molar-refractivity contribution >= 4 is 23.8 Å². The standard InChI is InChI=1S/C39H49NO13/c1-19-24(51-35(48)30(45)28(40-20(2)41)23-14-11-15-49-23)17-37(6)33(52-34(47)22-12-9-8-10-13-22)31-38(7,32(46)29(44)27(19)36(37,4)5)25(43)16-26-39(31,18-50-26)53-21(3)42/h8-15,24-26,28-33,43-46H,16-18H2,1-7H3,(H,40,41)/t24-,25-,26+,28-,29+,30+,31-,32+,33-,37-,38+,39-/m0/s1. The average molecular weight is 740 g/mol. The largest absolute Gasteiger partial charge is 0.467 e. The molecule has 0 radical (unpaired) electrons. The first kappa shape index (κ1) is 38.6. The number of carbonyl (C=O) groups is 4. The van der Waals surface area contributed by atoms with Gasteiger partial charge in [0.05, 0.1) is 36.6 Å². The van der Waals surface area contributed by atoms with Crippen molar-refractivity contribution in [3.8, 4) is 0 Å². The molecule has 1 amide bonds. The summed E-state index contributed by atoms with van der Waals surface area (Å²) in [5.41, 5.74) is -4.66. The highest BCUT2D eigenvalue weighted by Gasteiger charge is 2.77. The van der Waals surface area contributed by atoms with Crippen LogP contribution in [-0.2, 0) is 33.3 Å². The van der Waals surface area contributed by atoms with Gasteiger partial charge in [-0.15, -0.1) is 0 Å². The number of rotatable bonds is 8. The molecule has 3 fully saturated rings. The van der Waals surface area contributed by atoms with Gasteiger partial charge in [0, 0.05) is 31.1 Å². The Bertz CT molecular complexity index is 1770.